The minimum Gasteiger partial charge on any atom is -0.491 e. The maximum absolute atomic E-state index is 13.4. The monoisotopic (exact) mass is 446 g/mol. The van der Waals surface area contributed by atoms with Gasteiger partial charge in [-0.25, -0.2) is 0 Å². The number of ether oxygens (including phenoxy) is 1. The highest BCUT2D eigenvalue weighted by Crippen LogP contribution is 2.46. The SMILES string of the molecule is CC1(C)c2cc(OC[C@H](O)CCCC3CCCCC3)ccc2C(=O)c2c1oc1ccccc21. The standard InChI is InChI=1S/C29H34O4/c1-29(2)24-17-21(32-18-20(30)12-8-11-19-9-4-3-5-10-19)15-16-22(24)27(31)26-23-13-6-7-14-25(23)33-28(26)29/h6-7,13-17,19-20,30H,3-5,8-12,18H2,1-2H3/t20-/m1/s1. The van der Waals surface area contributed by atoms with Gasteiger partial charge in [0.1, 0.15) is 23.7 Å². The summed E-state index contributed by atoms with van der Waals surface area (Å²) < 4.78 is 12.1. The van der Waals surface area contributed by atoms with Gasteiger partial charge in [0.15, 0.2) is 5.78 Å². The van der Waals surface area contributed by atoms with E-state index in [9.17, 15) is 9.90 Å². The second kappa shape index (κ2) is 8.98. The number of carbonyl (C=O) groups excluding carboxylic acids is 1. The topological polar surface area (TPSA) is 59.7 Å². The fourth-order valence-electron chi connectivity index (χ4n) is 5.69. The Bertz CT molecular complexity index is 1150. The van der Waals surface area contributed by atoms with Crippen LogP contribution in [0.3, 0.4) is 0 Å². The molecular formula is C29H34O4. The van der Waals surface area contributed by atoms with E-state index in [2.05, 4.69) is 13.8 Å². The molecule has 1 fully saturated rings. The molecule has 5 rings (SSSR count). The lowest BCUT2D eigenvalue weighted by Crippen LogP contribution is -2.29. The van der Waals surface area contributed by atoms with Crippen molar-refractivity contribution >= 4 is 16.8 Å². The summed E-state index contributed by atoms with van der Waals surface area (Å²) in [4.78, 5) is 13.4. The predicted molar refractivity (Wildman–Crippen MR) is 130 cm³/mol. The van der Waals surface area contributed by atoms with Crippen LogP contribution in [0, 0.1) is 5.92 Å². The van der Waals surface area contributed by atoms with Gasteiger partial charge in [0.25, 0.3) is 0 Å². The average Bonchev–Trinajstić information content (AvgIpc) is 3.23. The Morgan fingerprint density at radius 1 is 1.12 bits per heavy atom. The lowest BCUT2D eigenvalue weighted by Gasteiger charge is -2.31. The Hall–Kier alpha value is -2.59. The summed E-state index contributed by atoms with van der Waals surface area (Å²) >= 11 is 0. The lowest BCUT2D eigenvalue weighted by molar-refractivity contribution is 0.0953. The Morgan fingerprint density at radius 2 is 1.91 bits per heavy atom. The molecule has 0 saturated heterocycles. The van der Waals surface area contributed by atoms with Crippen LogP contribution in [-0.4, -0.2) is 23.6 Å². The number of ketones is 1. The van der Waals surface area contributed by atoms with E-state index in [1.165, 1.54) is 38.5 Å². The molecule has 0 spiro atoms. The highest BCUT2D eigenvalue weighted by atomic mass is 16.5. The van der Waals surface area contributed by atoms with Crippen LogP contribution in [-0.2, 0) is 5.41 Å². The quantitative estimate of drug-likeness (QED) is 0.434. The number of hydrogen-bond acceptors (Lipinski definition) is 4. The Balaban J connectivity index is 1.27. The summed E-state index contributed by atoms with van der Waals surface area (Å²) in [6.45, 7) is 4.44. The van der Waals surface area contributed by atoms with Gasteiger partial charge >= 0.3 is 0 Å². The molecule has 1 N–H and O–H groups in total. The van der Waals surface area contributed by atoms with Crippen molar-refractivity contribution in [2.75, 3.05) is 6.61 Å². The van der Waals surface area contributed by atoms with Crippen molar-refractivity contribution in [1.29, 1.82) is 0 Å². The number of carbonyl (C=O) groups is 1. The van der Waals surface area contributed by atoms with Crippen molar-refractivity contribution in [3.05, 3.63) is 64.9 Å². The van der Waals surface area contributed by atoms with Crippen molar-refractivity contribution in [3.8, 4) is 5.75 Å². The van der Waals surface area contributed by atoms with Crippen molar-refractivity contribution < 1.29 is 19.1 Å². The van der Waals surface area contributed by atoms with Gasteiger partial charge in [-0.15, -0.1) is 0 Å². The maximum atomic E-state index is 13.4. The molecule has 2 aliphatic carbocycles. The van der Waals surface area contributed by atoms with E-state index in [0.29, 0.717) is 22.6 Å². The second-order valence-electron chi connectivity index (χ2n) is 10.4. The van der Waals surface area contributed by atoms with Crippen LogP contribution in [0.1, 0.15) is 92.5 Å². The molecule has 4 heteroatoms. The van der Waals surface area contributed by atoms with Gasteiger partial charge in [0.05, 0.1) is 11.7 Å². The number of para-hydroxylation sites is 1. The molecule has 1 heterocycles. The first kappa shape index (κ1) is 22.2. The van der Waals surface area contributed by atoms with Gasteiger partial charge in [-0.3, -0.25) is 4.79 Å². The summed E-state index contributed by atoms with van der Waals surface area (Å²) in [6, 6.07) is 13.4. The molecule has 0 aliphatic heterocycles. The molecule has 174 valence electrons. The Morgan fingerprint density at radius 3 is 2.73 bits per heavy atom. The summed E-state index contributed by atoms with van der Waals surface area (Å²) in [6.07, 6.45) is 9.38. The molecule has 1 atom stereocenters. The van der Waals surface area contributed by atoms with Gasteiger partial charge in [0.2, 0.25) is 0 Å². The third-order valence-corrected chi connectivity index (χ3v) is 7.62. The largest absolute Gasteiger partial charge is 0.491 e. The predicted octanol–water partition coefficient (Wildman–Crippen LogP) is 6.79. The Kier molecular flexibility index (Phi) is 6.05. The molecule has 0 amide bonds. The molecule has 1 saturated carbocycles. The van der Waals surface area contributed by atoms with Crippen LogP contribution in [0.25, 0.3) is 11.0 Å². The first-order valence-electron chi connectivity index (χ1n) is 12.5. The number of furan rings is 1. The highest BCUT2D eigenvalue weighted by molar-refractivity contribution is 6.19. The number of aliphatic hydroxyl groups excluding tert-OH is 1. The van der Waals surface area contributed by atoms with E-state index in [4.69, 9.17) is 9.15 Å². The van der Waals surface area contributed by atoms with Gasteiger partial charge in [-0.1, -0.05) is 63.1 Å². The number of aliphatic hydroxyl groups is 1. The molecule has 0 bridgehead atoms. The van der Waals surface area contributed by atoms with E-state index in [1.807, 2.05) is 42.5 Å². The van der Waals surface area contributed by atoms with E-state index in [-0.39, 0.29) is 12.4 Å². The second-order valence-corrected chi connectivity index (χ2v) is 10.4. The highest BCUT2D eigenvalue weighted by Gasteiger charge is 2.41. The molecule has 4 nitrogen and oxygen atoms in total. The average molecular weight is 447 g/mol. The molecule has 3 aromatic rings. The fourth-order valence-corrected chi connectivity index (χ4v) is 5.69. The van der Waals surface area contributed by atoms with Crippen LogP contribution >= 0.6 is 0 Å². The molecule has 2 aromatic carbocycles. The summed E-state index contributed by atoms with van der Waals surface area (Å²) in [5.74, 6) is 2.23. The molecule has 1 aromatic heterocycles. The van der Waals surface area contributed by atoms with E-state index in [0.717, 1.165) is 35.3 Å². The number of rotatable bonds is 7. The third kappa shape index (κ3) is 4.21. The normalized spacial score (nSPS) is 18.7. The maximum Gasteiger partial charge on any atom is 0.197 e. The van der Waals surface area contributed by atoms with Gasteiger partial charge in [0, 0.05) is 16.4 Å². The minimum absolute atomic E-state index is 0.00132. The Labute approximate surface area is 195 Å². The van der Waals surface area contributed by atoms with Crippen LogP contribution in [0.15, 0.2) is 46.9 Å². The van der Waals surface area contributed by atoms with E-state index in [1.54, 1.807) is 0 Å². The zero-order chi connectivity index (χ0) is 23.0. The first-order chi connectivity index (χ1) is 15.9. The van der Waals surface area contributed by atoms with Crippen LogP contribution in [0.2, 0.25) is 0 Å². The van der Waals surface area contributed by atoms with E-state index >= 15 is 0 Å². The number of benzene rings is 2. The lowest BCUT2D eigenvalue weighted by atomic mass is 9.72. The number of hydrogen-bond donors (Lipinski definition) is 1. The minimum atomic E-state index is -0.471. The fraction of sp³-hybridized carbons (Fsp3) is 0.483. The molecular weight excluding hydrogens is 412 g/mol. The smallest absolute Gasteiger partial charge is 0.197 e. The van der Waals surface area contributed by atoms with Crippen LogP contribution in [0.5, 0.6) is 5.75 Å². The van der Waals surface area contributed by atoms with Crippen molar-refractivity contribution in [3.63, 3.8) is 0 Å². The number of fused-ring (bicyclic) bond motifs is 4. The van der Waals surface area contributed by atoms with Gasteiger partial charge in [-0.05, 0) is 56.0 Å². The zero-order valence-electron chi connectivity index (χ0n) is 19.7. The summed E-state index contributed by atoms with van der Waals surface area (Å²) in [5, 5.41) is 11.3. The van der Waals surface area contributed by atoms with E-state index < -0.39 is 11.5 Å². The van der Waals surface area contributed by atoms with Crippen LogP contribution < -0.4 is 4.74 Å². The molecule has 2 aliphatic rings. The molecule has 33 heavy (non-hydrogen) atoms. The van der Waals surface area contributed by atoms with Gasteiger partial charge in [-0.2, -0.15) is 0 Å². The van der Waals surface area contributed by atoms with Crippen molar-refractivity contribution in [1.82, 2.24) is 0 Å². The summed E-state index contributed by atoms with van der Waals surface area (Å²) in [5.41, 5.74) is 2.55. The first-order valence-corrected chi connectivity index (χ1v) is 12.5. The molecule has 0 unspecified atom stereocenters. The third-order valence-electron chi connectivity index (χ3n) is 7.62. The summed E-state index contributed by atoms with van der Waals surface area (Å²) in [7, 11) is 0. The molecule has 0 radical (unpaired) electrons. The zero-order valence-corrected chi connectivity index (χ0v) is 19.7. The van der Waals surface area contributed by atoms with Crippen molar-refractivity contribution in [2.45, 2.75) is 76.7 Å². The van der Waals surface area contributed by atoms with Crippen LogP contribution in [0.4, 0.5) is 0 Å². The van der Waals surface area contributed by atoms with Gasteiger partial charge < -0.3 is 14.3 Å². The van der Waals surface area contributed by atoms with Crippen molar-refractivity contribution in [2.24, 2.45) is 5.92 Å².